The molecule has 2 heterocycles. The number of imidazole rings is 1. The lowest BCUT2D eigenvalue weighted by atomic mass is 9.98. The number of piperidine rings is 1. The largest absolute Gasteiger partial charge is 0.351 e. The number of aromatic nitrogens is 2. The molecule has 2 unspecified atom stereocenters. The predicted octanol–water partition coefficient (Wildman–Crippen LogP) is 1.09. The summed E-state index contributed by atoms with van der Waals surface area (Å²) >= 11 is 0. The van der Waals surface area contributed by atoms with Gasteiger partial charge < -0.3 is 15.2 Å². The van der Waals surface area contributed by atoms with Crippen molar-refractivity contribution in [2.75, 3.05) is 13.1 Å². The van der Waals surface area contributed by atoms with Gasteiger partial charge in [0, 0.05) is 25.0 Å². The third-order valence-electron chi connectivity index (χ3n) is 4.38. The molecule has 5 heteroatoms. The lowest BCUT2D eigenvalue weighted by molar-refractivity contribution is -0.126. The summed E-state index contributed by atoms with van der Waals surface area (Å²) in [6.45, 7) is 1.87. The van der Waals surface area contributed by atoms with Crippen LogP contribution in [0.3, 0.4) is 0 Å². The minimum Gasteiger partial charge on any atom is -0.351 e. The Labute approximate surface area is 113 Å². The molecule has 0 bridgehead atoms. The molecule has 1 saturated carbocycles. The molecule has 2 fully saturated rings. The van der Waals surface area contributed by atoms with E-state index >= 15 is 0 Å². The molecule has 3 atom stereocenters. The molecular formula is C14H22N4O. The number of hydrogen-bond acceptors (Lipinski definition) is 3. The first-order valence-corrected chi connectivity index (χ1v) is 7.33. The second-order valence-electron chi connectivity index (χ2n) is 5.67. The van der Waals surface area contributed by atoms with Crippen LogP contribution in [0.25, 0.3) is 0 Å². The van der Waals surface area contributed by atoms with Gasteiger partial charge >= 0.3 is 0 Å². The first-order valence-electron chi connectivity index (χ1n) is 7.33. The fourth-order valence-electron chi connectivity index (χ4n) is 3.31. The summed E-state index contributed by atoms with van der Waals surface area (Å²) in [4.78, 5) is 16.4. The molecule has 0 spiro atoms. The molecule has 5 nitrogen and oxygen atoms in total. The quantitative estimate of drug-likeness (QED) is 0.857. The van der Waals surface area contributed by atoms with Crippen LogP contribution in [-0.4, -0.2) is 34.6 Å². The van der Waals surface area contributed by atoms with Gasteiger partial charge in [-0.1, -0.05) is 0 Å². The zero-order chi connectivity index (χ0) is 13.1. The fraction of sp³-hybridized carbons (Fsp3) is 0.714. The van der Waals surface area contributed by atoms with E-state index in [0.717, 1.165) is 38.8 Å². The van der Waals surface area contributed by atoms with Gasteiger partial charge in [0.25, 0.3) is 0 Å². The molecule has 2 aliphatic rings. The van der Waals surface area contributed by atoms with E-state index < -0.39 is 0 Å². The molecule has 19 heavy (non-hydrogen) atoms. The molecule has 2 N–H and O–H groups in total. The van der Waals surface area contributed by atoms with Gasteiger partial charge in [-0.2, -0.15) is 0 Å². The highest BCUT2D eigenvalue weighted by Gasteiger charge is 2.31. The van der Waals surface area contributed by atoms with Crippen molar-refractivity contribution in [2.24, 2.45) is 5.92 Å². The van der Waals surface area contributed by atoms with Crippen LogP contribution in [0.2, 0.25) is 0 Å². The van der Waals surface area contributed by atoms with Crippen LogP contribution >= 0.6 is 0 Å². The molecule has 1 saturated heterocycles. The standard InChI is InChI=1S/C14H22N4O/c19-14(11-3-2-6-15-9-11)17-12-4-1-5-13(12)18-8-7-16-10-18/h7-8,10-13,15H,1-6,9H2,(H,17,19)/t11-,12?,13?/m0/s1. The van der Waals surface area contributed by atoms with Gasteiger partial charge in [-0.15, -0.1) is 0 Å². The second kappa shape index (κ2) is 5.74. The van der Waals surface area contributed by atoms with Gasteiger partial charge in [0.2, 0.25) is 5.91 Å². The highest BCUT2D eigenvalue weighted by Crippen LogP contribution is 2.30. The third kappa shape index (κ3) is 2.81. The molecular weight excluding hydrogens is 240 g/mol. The number of nitrogens with one attached hydrogen (secondary N) is 2. The molecule has 1 aromatic heterocycles. The van der Waals surface area contributed by atoms with Crippen LogP contribution in [0.15, 0.2) is 18.7 Å². The van der Waals surface area contributed by atoms with Gasteiger partial charge in [-0.05, 0) is 38.6 Å². The van der Waals surface area contributed by atoms with E-state index in [9.17, 15) is 4.79 Å². The minimum absolute atomic E-state index is 0.151. The predicted molar refractivity (Wildman–Crippen MR) is 72.6 cm³/mol. The Kier molecular flexibility index (Phi) is 3.82. The number of amides is 1. The zero-order valence-corrected chi connectivity index (χ0v) is 11.2. The number of hydrogen-bond donors (Lipinski definition) is 2. The van der Waals surface area contributed by atoms with Crippen LogP contribution in [0.1, 0.15) is 38.1 Å². The smallest absolute Gasteiger partial charge is 0.224 e. The Morgan fingerprint density at radius 1 is 1.32 bits per heavy atom. The zero-order valence-electron chi connectivity index (χ0n) is 11.2. The van der Waals surface area contributed by atoms with E-state index in [1.165, 1.54) is 6.42 Å². The number of rotatable bonds is 3. The van der Waals surface area contributed by atoms with Crippen LogP contribution in [0.5, 0.6) is 0 Å². The van der Waals surface area contributed by atoms with E-state index in [-0.39, 0.29) is 17.9 Å². The Bertz CT molecular complexity index is 411. The van der Waals surface area contributed by atoms with Crippen molar-refractivity contribution in [3.63, 3.8) is 0 Å². The van der Waals surface area contributed by atoms with E-state index in [1.807, 2.05) is 18.7 Å². The summed E-state index contributed by atoms with van der Waals surface area (Å²) in [5.74, 6) is 0.377. The van der Waals surface area contributed by atoms with Crippen molar-refractivity contribution in [1.29, 1.82) is 0 Å². The van der Waals surface area contributed by atoms with Crippen LogP contribution in [-0.2, 0) is 4.79 Å². The number of nitrogens with zero attached hydrogens (tertiary/aromatic N) is 2. The van der Waals surface area contributed by atoms with Gasteiger partial charge in [-0.25, -0.2) is 4.98 Å². The molecule has 0 radical (unpaired) electrons. The molecule has 3 rings (SSSR count). The minimum atomic E-state index is 0.151. The van der Waals surface area contributed by atoms with Gasteiger partial charge in [-0.3, -0.25) is 4.79 Å². The summed E-state index contributed by atoms with van der Waals surface area (Å²) in [7, 11) is 0. The second-order valence-corrected chi connectivity index (χ2v) is 5.67. The monoisotopic (exact) mass is 262 g/mol. The van der Waals surface area contributed by atoms with E-state index in [0.29, 0.717) is 6.04 Å². The van der Waals surface area contributed by atoms with Crippen LogP contribution in [0.4, 0.5) is 0 Å². The SMILES string of the molecule is O=C(NC1CCCC1n1ccnc1)[C@H]1CCCNC1. The average Bonchev–Trinajstić information content (AvgIpc) is 3.10. The van der Waals surface area contributed by atoms with Crippen molar-refractivity contribution >= 4 is 5.91 Å². The van der Waals surface area contributed by atoms with Crippen molar-refractivity contribution < 1.29 is 4.79 Å². The topological polar surface area (TPSA) is 59.0 Å². The fourth-order valence-corrected chi connectivity index (χ4v) is 3.31. The molecule has 0 aromatic carbocycles. The van der Waals surface area contributed by atoms with Crippen molar-refractivity contribution in [1.82, 2.24) is 20.2 Å². The molecule has 1 aromatic rings. The van der Waals surface area contributed by atoms with Gasteiger partial charge in [0.1, 0.15) is 0 Å². The normalized spacial score (nSPS) is 31.3. The number of carbonyl (C=O) groups excluding carboxylic acids is 1. The summed E-state index contributed by atoms with van der Waals surface area (Å²) < 4.78 is 2.14. The Hall–Kier alpha value is -1.36. The molecule has 1 amide bonds. The maximum atomic E-state index is 12.3. The summed E-state index contributed by atoms with van der Waals surface area (Å²) in [5.41, 5.74) is 0. The average molecular weight is 262 g/mol. The van der Waals surface area contributed by atoms with E-state index in [4.69, 9.17) is 0 Å². The number of carbonyl (C=O) groups is 1. The van der Waals surface area contributed by atoms with Crippen molar-refractivity contribution in [2.45, 2.75) is 44.2 Å². The van der Waals surface area contributed by atoms with Crippen LogP contribution < -0.4 is 10.6 Å². The van der Waals surface area contributed by atoms with Gasteiger partial charge in [0.05, 0.1) is 18.3 Å². The van der Waals surface area contributed by atoms with E-state index in [1.54, 1.807) is 0 Å². The first kappa shape index (κ1) is 12.7. The Morgan fingerprint density at radius 3 is 3.00 bits per heavy atom. The van der Waals surface area contributed by atoms with Crippen molar-refractivity contribution in [3.05, 3.63) is 18.7 Å². The van der Waals surface area contributed by atoms with Gasteiger partial charge in [0.15, 0.2) is 0 Å². The summed E-state index contributed by atoms with van der Waals surface area (Å²) in [5, 5.41) is 6.56. The van der Waals surface area contributed by atoms with Crippen LogP contribution in [0, 0.1) is 5.92 Å². The maximum absolute atomic E-state index is 12.3. The highest BCUT2D eigenvalue weighted by molar-refractivity contribution is 5.79. The molecule has 1 aliphatic carbocycles. The summed E-state index contributed by atoms with van der Waals surface area (Å²) in [6.07, 6.45) is 11.2. The Morgan fingerprint density at radius 2 is 2.26 bits per heavy atom. The maximum Gasteiger partial charge on any atom is 0.224 e. The van der Waals surface area contributed by atoms with E-state index in [2.05, 4.69) is 20.2 Å². The Balaban J connectivity index is 1.60. The van der Waals surface area contributed by atoms with Crippen molar-refractivity contribution in [3.8, 4) is 0 Å². The summed E-state index contributed by atoms with van der Waals surface area (Å²) in [6, 6.07) is 0.645. The molecule has 104 valence electrons. The lowest BCUT2D eigenvalue weighted by Crippen LogP contribution is -2.45. The third-order valence-corrected chi connectivity index (χ3v) is 4.38. The highest BCUT2D eigenvalue weighted by atomic mass is 16.2. The first-order chi connectivity index (χ1) is 9.34. The molecule has 1 aliphatic heterocycles. The lowest BCUT2D eigenvalue weighted by Gasteiger charge is -2.27.